The lowest BCUT2D eigenvalue weighted by molar-refractivity contribution is 0.572. The van der Waals surface area contributed by atoms with Gasteiger partial charge in [-0.1, -0.05) is 17.7 Å². The molecule has 3 aromatic rings. The van der Waals surface area contributed by atoms with Gasteiger partial charge in [-0.05, 0) is 32.9 Å². The minimum absolute atomic E-state index is 0. The molecule has 0 unspecified atom stereocenters. The first-order chi connectivity index (χ1) is 13.0. The van der Waals surface area contributed by atoms with E-state index in [1.807, 2.05) is 19.1 Å². The summed E-state index contributed by atoms with van der Waals surface area (Å²) >= 11 is 1.75. The normalized spacial score (nSPS) is 11.2. The van der Waals surface area contributed by atoms with Crippen LogP contribution >= 0.6 is 35.3 Å². The van der Waals surface area contributed by atoms with E-state index in [1.165, 1.54) is 10.4 Å². The Labute approximate surface area is 186 Å². The standard InChI is InChI=1S/C20H25N5OS.HI/c1-13-5-7-16(8-6-13)19-25-17(12-26-19)11-23-20(21-4)22-10-9-18-14(2)24-15(3)27-18;/h5-8,12H,9-11H2,1-4H3,(H2,21,22,23);1H. The monoisotopic (exact) mass is 511 g/mol. The highest BCUT2D eigenvalue weighted by Gasteiger charge is 2.08. The number of nitrogens with zero attached hydrogens (tertiary/aromatic N) is 3. The van der Waals surface area contributed by atoms with Gasteiger partial charge in [0.25, 0.3) is 0 Å². The quantitative estimate of drug-likeness (QED) is 0.294. The predicted octanol–water partition coefficient (Wildman–Crippen LogP) is 4.25. The van der Waals surface area contributed by atoms with Crippen LogP contribution in [0.15, 0.2) is 39.9 Å². The van der Waals surface area contributed by atoms with Crippen LogP contribution in [-0.4, -0.2) is 29.5 Å². The first-order valence-electron chi connectivity index (χ1n) is 8.94. The molecule has 0 spiro atoms. The molecular weight excluding hydrogens is 485 g/mol. The summed E-state index contributed by atoms with van der Waals surface area (Å²) in [7, 11) is 1.76. The molecule has 0 saturated heterocycles. The molecular formula is C20H26IN5OS. The fourth-order valence-corrected chi connectivity index (χ4v) is 3.65. The zero-order chi connectivity index (χ0) is 19.2. The molecule has 0 atom stereocenters. The Hall–Kier alpha value is -1.94. The van der Waals surface area contributed by atoms with E-state index < -0.39 is 0 Å². The van der Waals surface area contributed by atoms with Gasteiger partial charge in [-0.2, -0.15) is 0 Å². The maximum absolute atomic E-state index is 5.59. The lowest BCUT2D eigenvalue weighted by atomic mass is 10.1. The first kappa shape index (κ1) is 22.4. The highest BCUT2D eigenvalue weighted by molar-refractivity contribution is 14.0. The molecule has 1 aromatic carbocycles. The summed E-state index contributed by atoms with van der Waals surface area (Å²) in [5, 5.41) is 7.71. The average molecular weight is 511 g/mol. The van der Waals surface area contributed by atoms with E-state index in [9.17, 15) is 0 Å². The first-order valence-corrected chi connectivity index (χ1v) is 9.75. The number of hydrogen-bond acceptors (Lipinski definition) is 5. The van der Waals surface area contributed by atoms with E-state index in [1.54, 1.807) is 24.6 Å². The second-order valence-corrected chi connectivity index (χ2v) is 7.64. The van der Waals surface area contributed by atoms with Crippen LogP contribution in [0.3, 0.4) is 0 Å². The van der Waals surface area contributed by atoms with Crippen molar-refractivity contribution in [3.05, 3.63) is 57.4 Å². The summed E-state index contributed by atoms with van der Waals surface area (Å²) in [4.78, 5) is 14.6. The zero-order valence-corrected chi connectivity index (χ0v) is 19.7. The summed E-state index contributed by atoms with van der Waals surface area (Å²) in [6, 6.07) is 8.13. The van der Waals surface area contributed by atoms with Gasteiger partial charge in [0.15, 0.2) is 5.96 Å². The van der Waals surface area contributed by atoms with Crippen LogP contribution in [0.2, 0.25) is 0 Å². The minimum Gasteiger partial charge on any atom is -0.444 e. The summed E-state index contributed by atoms with van der Waals surface area (Å²) in [6.45, 7) is 7.51. The van der Waals surface area contributed by atoms with E-state index in [0.717, 1.165) is 40.9 Å². The van der Waals surface area contributed by atoms with Gasteiger partial charge in [0.05, 0.1) is 22.9 Å². The fourth-order valence-electron chi connectivity index (χ4n) is 2.71. The van der Waals surface area contributed by atoms with Gasteiger partial charge in [0.1, 0.15) is 6.26 Å². The van der Waals surface area contributed by atoms with Gasteiger partial charge in [0.2, 0.25) is 5.89 Å². The highest BCUT2D eigenvalue weighted by Crippen LogP contribution is 2.19. The number of rotatable bonds is 6. The molecule has 0 amide bonds. The second-order valence-electron chi connectivity index (χ2n) is 6.35. The van der Waals surface area contributed by atoms with Crippen molar-refractivity contribution >= 4 is 41.3 Å². The van der Waals surface area contributed by atoms with Crippen molar-refractivity contribution < 1.29 is 4.42 Å². The lowest BCUT2D eigenvalue weighted by Gasteiger charge is -2.10. The Morgan fingerprint density at radius 2 is 1.86 bits per heavy atom. The Morgan fingerprint density at radius 1 is 1.11 bits per heavy atom. The summed E-state index contributed by atoms with van der Waals surface area (Å²) in [5.74, 6) is 1.37. The molecule has 0 aliphatic carbocycles. The third kappa shape index (κ3) is 6.03. The van der Waals surface area contributed by atoms with Crippen LogP contribution in [0.5, 0.6) is 0 Å². The van der Waals surface area contributed by atoms with Gasteiger partial charge < -0.3 is 15.1 Å². The van der Waals surface area contributed by atoms with Crippen LogP contribution in [0, 0.1) is 20.8 Å². The van der Waals surface area contributed by atoms with Gasteiger partial charge in [-0.15, -0.1) is 35.3 Å². The summed E-state index contributed by atoms with van der Waals surface area (Å²) in [6.07, 6.45) is 2.61. The van der Waals surface area contributed by atoms with E-state index in [-0.39, 0.29) is 24.0 Å². The average Bonchev–Trinajstić information content (AvgIpc) is 3.25. The lowest BCUT2D eigenvalue weighted by Crippen LogP contribution is -2.37. The third-order valence-corrected chi connectivity index (χ3v) is 5.29. The SMILES string of the molecule is CN=C(NCCc1sc(C)nc1C)NCc1coc(-c2ccc(C)cc2)n1.I. The molecule has 0 radical (unpaired) electrons. The van der Waals surface area contributed by atoms with Crippen LogP contribution in [0.1, 0.15) is 26.8 Å². The minimum atomic E-state index is 0. The van der Waals surface area contributed by atoms with Crippen molar-refractivity contribution in [2.45, 2.75) is 33.7 Å². The van der Waals surface area contributed by atoms with E-state index in [4.69, 9.17) is 4.42 Å². The molecule has 8 heteroatoms. The topological polar surface area (TPSA) is 75.3 Å². The number of thiazole rings is 1. The Bertz CT molecular complexity index is 917. The van der Waals surface area contributed by atoms with Gasteiger partial charge >= 0.3 is 0 Å². The van der Waals surface area contributed by atoms with Crippen LogP contribution in [-0.2, 0) is 13.0 Å². The Morgan fingerprint density at radius 3 is 2.50 bits per heavy atom. The number of aryl methyl sites for hydroxylation is 3. The molecule has 0 fully saturated rings. The number of halogens is 1. The van der Waals surface area contributed by atoms with E-state index >= 15 is 0 Å². The summed E-state index contributed by atoms with van der Waals surface area (Å²) in [5.41, 5.74) is 4.14. The molecule has 2 heterocycles. The van der Waals surface area contributed by atoms with E-state index in [0.29, 0.717) is 12.4 Å². The van der Waals surface area contributed by atoms with Crippen molar-refractivity contribution in [2.24, 2.45) is 4.99 Å². The molecule has 150 valence electrons. The highest BCUT2D eigenvalue weighted by atomic mass is 127. The number of nitrogens with one attached hydrogen (secondary N) is 2. The van der Waals surface area contributed by atoms with Crippen LogP contribution in [0.4, 0.5) is 0 Å². The molecule has 2 aromatic heterocycles. The smallest absolute Gasteiger partial charge is 0.226 e. The predicted molar refractivity (Wildman–Crippen MR) is 126 cm³/mol. The molecule has 2 N–H and O–H groups in total. The van der Waals surface area contributed by atoms with Crippen molar-refractivity contribution in [1.29, 1.82) is 0 Å². The number of hydrogen-bond donors (Lipinski definition) is 2. The number of aliphatic imine (C=N–C) groups is 1. The Balaban J connectivity index is 0.00000280. The molecule has 0 bridgehead atoms. The fraction of sp³-hybridized carbons (Fsp3) is 0.350. The molecule has 3 rings (SSSR count). The maximum atomic E-state index is 5.59. The molecule has 6 nitrogen and oxygen atoms in total. The number of guanidine groups is 1. The number of aromatic nitrogens is 2. The van der Waals surface area contributed by atoms with Gasteiger partial charge in [-0.25, -0.2) is 9.97 Å². The number of benzene rings is 1. The van der Waals surface area contributed by atoms with Crippen molar-refractivity contribution in [3.63, 3.8) is 0 Å². The second kappa shape index (κ2) is 10.6. The molecule has 0 saturated carbocycles. The van der Waals surface area contributed by atoms with E-state index in [2.05, 4.69) is 51.6 Å². The maximum Gasteiger partial charge on any atom is 0.226 e. The largest absolute Gasteiger partial charge is 0.444 e. The van der Waals surface area contributed by atoms with Crippen molar-refractivity contribution in [3.8, 4) is 11.5 Å². The number of oxazole rings is 1. The molecule has 0 aliphatic heterocycles. The Kier molecular flexibility index (Phi) is 8.43. The molecule has 28 heavy (non-hydrogen) atoms. The van der Waals surface area contributed by atoms with Crippen molar-refractivity contribution in [1.82, 2.24) is 20.6 Å². The summed E-state index contributed by atoms with van der Waals surface area (Å²) < 4.78 is 5.59. The van der Waals surface area contributed by atoms with Crippen LogP contribution in [0.25, 0.3) is 11.5 Å². The molecule has 0 aliphatic rings. The van der Waals surface area contributed by atoms with Gasteiger partial charge in [-0.3, -0.25) is 4.99 Å². The van der Waals surface area contributed by atoms with Crippen LogP contribution < -0.4 is 10.6 Å². The zero-order valence-electron chi connectivity index (χ0n) is 16.6. The third-order valence-electron chi connectivity index (χ3n) is 4.15. The van der Waals surface area contributed by atoms with Gasteiger partial charge in [0, 0.05) is 30.5 Å². The van der Waals surface area contributed by atoms with Crippen molar-refractivity contribution in [2.75, 3.05) is 13.6 Å².